The summed E-state index contributed by atoms with van der Waals surface area (Å²) in [5, 5.41) is 7.98. The van der Waals surface area contributed by atoms with E-state index in [2.05, 4.69) is 15.6 Å². The van der Waals surface area contributed by atoms with Gasteiger partial charge in [-0.2, -0.15) is 4.31 Å². The maximum absolute atomic E-state index is 12.8. The van der Waals surface area contributed by atoms with Gasteiger partial charge in [0.25, 0.3) is 5.91 Å². The van der Waals surface area contributed by atoms with Crippen LogP contribution in [0.25, 0.3) is 0 Å². The summed E-state index contributed by atoms with van der Waals surface area (Å²) in [6.07, 6.45) is 1.58. The number of methoxy groups -OCH3 is 1. The minimum atomic E-state index is -3.67. The van der Waals surface area contributed by atoms with Crippen LogP contribution in [0, 0.1) is 0 Å². The first-order valence-electron chi connectivity index (χ1n) is 8.51. The lowest BCUT2D eigenvalue weighted by Crippen LogP contribution is -2.31. The van der Waals surface area contributed by atoms with E-state index in [1.807, 2.05) is 0 Å². The Balaban J connectivity index is 2.40. The van der Waals surface area contributed by atoms with Crippen LogP contribution in [0.2, 0.25) is 0 Å². The van der Waals surface area contributed by atoms with Gasteiger partial charge in [-0.3, -0.25) is 10.1 Å². The number of ether oxygens (including phenoxy) is 1. The molecule has 0 atom stereocenters. The molecule has 0 saturated carbocycles. The molecular weight excluding hydrogens is 388 g/mol. The minimum Gasteiger partial charge on any atom is -0.383 e. The van der Waals surface area contributed by atoms with Crippen LogP contribution in [0.1, 0.15) is 24.2 Å². The third kappa shape index (κ3) is 5.25. The van der Waals surface area contributed by atoms with Gasteiger partial charge in [-0.15, -0.1) is 11.3 Å². The van der Waals surface area contributed by atoms with Crippen molar-refractivity contribution in [1.29, 1.82) is 0 Å². The predicted molar refractivity (Wildman–Crippen MR) is 107 cm³/mol. The summed E-state index contributed by atoms with van der Waals surface area (Å²) < 4.78 is 32.0. The number of sulfonamides is 1. The summed E-state index contributed by atoms with van der Waals surface area (Å²) in [7, 11) is -2.09. The van der Waals surface area contributed by atoms with Crippen LogP contribution in [0.5, 0.6) is 0 Å². The zero-order valence-corrected chi connectivity index (χ0v) is 17.2. The van der Waals surface area contributed by atoms with Gasteiger partial charge in [-0.05, 0) is 18.2 Å². The standard InChI is InChI=1S/C17H24N4O4S2/c1-4-21(5-2)27(23,24)13-6-7-15(18-8-10-25-3)14(12-13)16(22)20-17-19-9-11-26-17/h6-7,9,11-12,18H,4-5,8,10H2,1-3H3,(H,19,20,22). The number of nitrogens with zero attached hydrogens (tertiary/aromatic N) is 2. The maximum atomic E-state index is 12.8. The Bertz CT molecular complexity index is 850. The molecule has 0 bridgehead atoms. The van der Waals surface area contributed by atoms with Crippen LogP contribution in [-0.2, 0) is 14.8 Å². The van der Waals surface area contributed by atoms with Crippen LogP contribution >= 0.6 is 11.3 Å². The van der Waals surface area contributed by atoms with Gasteiger partial charge >= 0.3 is 0 Å². The van der Waals surface area contributed by atoms with Gasteiger partial charge in [-0.1, -0.05) is 13.8 Å². The lowest BCUT2D eigenvalue weighted by molar-refractivity contribution is 0.102. The monoisotopic (exact) mass is 412 g/mol. The van der Waals surface area contributed by atoms with Crippen LogP contribution in [0.4, 0.5) is 10.8 Å². The Morgan fingerprint density at radius 1 is 1.30 bits per heavy atom. The van der Waals surface area contributed by atoms with Crippen molar-refractivity contribution < 1.29 is 17.9 Å². The number of hydrogen-bond donors (Lipinski definition) is 2. The fourth-order valence-corrected chi connectivity index (χ4v) is 4.48. The van der Waals surface area contributed by atoms with Crippen LogP contribution in [-0.4, -0.2) is 57.0 Å². The quantitative estimate of drug-likeness (QED) is 0.582. The van der Waals surface area contributed by atoms with E-state index >= 15 is 0 Å². The molecule has 2 rings (SSSR count). The summed E-state index contributed by atoms with van der Waals surface area (Å²) in [4.78, 5) is 16.8. The van der Waals surface area contributed by atoms with Gasteiger partial charge in [0.15, 0.2) is 5.13 Å². The number of amides is 1. The van der Waals surface area contributed by atoms with E-state index in [4.69, 9.17) is 4.74 Å². The minimum absolute atomic E-state index is 0.0766. The molecule has 148 valence electrons. The molecule has 2 N–H and O–H groups in total. The van der Waals surface area contributed by atoms with Gasteiger partial charge in [0, 0.05) is 44.0 Å². The molecule has 1 heterocycles. The average Bonchev–Trinajstić information content (AvgIpc) is 3.15. The van der Waals surface area contributed by atoms with Crippen molar-refractivity contribution in [2.75, 3.05) is 44.0 Å². The Morgan fingerprint density at radius 3 is 2.63 bits per heavy atom. The van der Waals surface area contributed by atoms with E-state index < -0.39 is 15.9 Å². The average molecular weight is 413 g/mol. The van der Waals surface area contributed by atoms with Crippen molar-refractivity contribution in [3.8, 4) is 0 Å². The molecule has 10 heteroatoms. The topological polar surface area (TPSA) is 101 Å². The molecule has 0 unspecified atom stereocenters. The third-order valence-corrected chi connectivity index (χ3v) is 6.59. The highest BCUT2D eigenvalue weighted by Crippen LogP contribution is 2.24. The van der Waals surface area contributed by atoms with Crippen molar-refractivity contribution in [1.82, 2.24) is 9.29 Å². The lowest BCUT2D eigenvalue weighted by atomic mass is 10.1. The SMILES string of the molecule is CCN(CC)S(=O)(=O)c1ccc(NCCOC)c(C(=O)Nc2nccs2)c1. The summed E-state index contributed by atoms with van der Waals surface area (Å²) in [6, 6.07) is 4.50. The second-order valence-corrected chi connectivity index (χ2v) is 8.34. The summed E-state index contributed by atoms with van der Waals surface area (Å²) in [6.45, 7) is 5.19. The zero-order chi connectivity index (χ0) is 19.9. The van der Waals surface area contributed by atoms with Crippen LogP contribution < -0.4 is 10.6 Å². The molecule has 27 heavy (non-hydrogen) atoms. The lowest BCUT2D eigenvalue weighted by Gasteiger charge is -2.20. The molecule has 0 spiro atoms. The van der Waals surface area contributed by atoms with E-state index in [9.17, 15) is 13.2 Å². The number of benzene rings is 1. The smallest absolute Gasteiger partial charge is 0.259 e. The number of nitrogens with one attached hydrogen (secondary N) is 2. The van der Waals surface area contributed by atoms with Gasteiger partial charge in [-0.25, -0.2) is 13.4 Å². The summed E-state index contributed by atoms with van der Waals surface area (Å²) >= 11 is 1.29. The number of rotatable bonds is 10. The molecule has 0 fully saturated rings. The predicted octanol–water partition coefficient (Wildman–Crippen LogP) is 2.48. The van der Waals surface area contributed by atoms with Crippen LogP contribution in [0.15, 0.2) is 34.7 Å². The largest absolute Gasteiger partial charge is 0.383 e. The maximum Gasteiger partial charge on any atom is 0.259 e. The van der Waals surface area contributed by atoms with E-state index in [-0.39, 0.29) is 10.5 Å². The zero-order valence-electron chi connectivity index (χ0n) is 15.6. The fourth-order valence-electron chi connectivity index (χ4n) is 2.48. The Labute approximate surface area is 163 Å². The number of thiazole rings is 1. The van der Waals surface area contributed by atoms with E-state index in [0.717, 1.165) is 0 Å². The number of hydrogen-bond acceptors (Lipinski definition) is 7. The molecule has 0 saturated heterocycles. The second-order valence-electron chi connectivity index (χ2n) is 5.51. The molecule has 1 aromatic carbocycles. The molecule has 0 aliphatic heterocycles. The summed E-state index contributed by atoms with van der Waals surface area (Å²) in [5.41, 5.74) is 0.758. The first-order valence-corrected chi connectivity index (χ1v) is 10.8. The van der Waals surface area contributed by atoms with Crippen molar-refractivity contribution in [2.45, 2.75) is 18.7 Å². The second kappa shape index (κ2) is 9.79. The van der Waals surface area contributed by atoms with E-state index in [1.165, 1.54) is 27.8 Å². The Hall–Kier alpha value is -2.01. The van der Waals surface area contributed by atoms with Gasteiger partial charge < -0.3 is 10.1 Å². The molecule has 0 aliphatic rings. The van der Waals surface area contributed by atoms with Gasteiger partial charge in [0.05, 0.1) is 17.1 Å². The molecule has 1 amide bonds. The van der Waals surface area contributed by atoms with E-state index in [0.29, 0.717) is 37.1 Å². The normalized spacial score (nSPS) is 11.6. The molecular formula is C17H24N4O4S2. The van der Waals surface area contributed by atoms with Gasteiger partial charge in [0.2, 0.25) is 10.0 Å². The highest BCUT2D eigenvalue weighted by Gasteiger charge is 2.24. The summed E-state index contributed by atoms with van der Waals surface area (Å²) in [5.74, 6) is -0.429. The van der Waals surface area contributed by atoms with Crippen molar-refractivity contribution >= 4 is 38.1 Å². The first-order chi connectivity index (χ1) is 12.9. The number of anilines is 2. The molecule has 8 nitrogen and oxygen atoms in total. The van der Waals surface area contributed by atoms with Crippen molar-refractivity contribution in [3.63, 3.8) is 0 Å². The Kier molecular flexibility index (Phi) is 7.72. The highest BCUT2D eigenvalue weighted by molar-refractivity contribution is 7.89. The molecule has 1 aromatic heterocycles. The third-order valence-electron chi connectivity index (χ3n) is 3.85. The molecule has 0 radical (unpaired) electrons. The number of aromatic nitrogens is 1. The number of carbonyl (C=O) groups excluding carboxylic acids is 1. The van der Waals surface area contributed by atoms with Crippen molar-refractivity contribution in [3.05, 3.63) is 35.3 Å². The van der Waals surface area contributed by atoms with E-state index in [1.54, 1.807) is 38.6 Å². The highest BCUT2D eigenvalue weighted by atomic mass is 32.2. The fraction of sp³-hybridized carbons (Fsp3) is 0.412. The first kappa shape index (κ1) is 21.3. The Morgan fingerprint density at radius 2 is 2.04 bits per heavy atom. The number of carbonyl (C=O) groups is 1. The van der Waals surface area contributed by atoms with Crippen molar-refractivity contribution in [2.24, 2.45) is 0 Å². The van der Waals surface area contributed by atoms with Crippen LogP contribution in [0.3, 0.4) is 0 Å². The molecule has 0 aliphatic carbocycles. The molecule has 2 aromatic rings. The van der Waals surface area contributed by atoms with Gasteiger partial charge in [0.1, 0.15) is 0 Å².